The fourth-order valence-electron chi connectivity index (χ4n) is 2.55. The predicted molar refractivity (Wildman–Crippen MR) is 85.2 cm³/mol. The maximum Gasteiger partial charge on any atom is 0.242 e. The highest BCUT2D eigenvalue weighted by molar-refractivity contribution is 9.10. The van der Waals surface area contributed by atoms with Crippen LogP contribution in [0.25, 0.3) is 0 Å². The summed E-state index contributed by atoms with van der Waals surface area (Å²) in [5.41, 5.74) is 7.70. The Morgan fingerprint density at radius 3 is 2.95 bits per heavy atom. The summed E-state index contributed by atoms with van der Waals surface area (Å²) in [5.74, 6) is -0.342. The fourth-order valence-corrected chi connectivity index (χ4v) is 3.06. The summed E-state index contributed by atoms with van der Waals surface area (Å²) < 4.78 is 6.41. The van der Waals surface area contributed by atoms with Crippen LogP contribution in [0.15, 0.2) is 22.7 Å². The van der Waals surface area contributed by atoms with Crippen molar-refractivity contribution in [2.24, 2.45) is 5.73 Å². The van der Waals surface area contributed by atoms with Gasteiger partial charge >= 0.3 is 0 Å². The first-order chi connectivity index (χ1) is 10.1. The third-order valence-corrected chi connectivity index (χ3v) is 4.72. The number of hydrogen-bond donors (Lipinski definition) is 2. The highest BCUT2D eigenvalue weighted by Crippen LogP contribution is 2.27. The molecule has 2 fully saturated rings. The average molecular weight is 354 g/mol. The van der Waals surface area contributed by atoms with Crippen molar-refractivity contribution in [3.8, 4) is 0 Å². The highest BCUT2D eigenvalue weighted by atomic mass is 79.9. The first kappa shape index (κ1) is 14.8. The molecule has 114 valence electrons. The van der Waals surface area contributed by atoms with E-state index in [1.54, 1.807) is 0 Å². The van der Waals surface area contributed by atoms with Gasteiger partial charge in [-0.15, -0.1) is 0 Å². The molecule has 3 N–H and O–H groups in total. The number of carbonyl (C=O) groups is 1. The minimum absolute atomic E-state index is 0.342. The molecule has 1 atom stereocenters. The molecule has 1 aliphatic heterocycles. The van der Waals surface area contributed by atoms with E-state index >= 15 is 0 Å². The molecule has 21 heavy (non-hydrogen) atoms. The summed E-state index contributed by atoms with van der Waals surface area (Å²) in [6, 6.07) is 6.51. The van der Waals surface area contributed by atoms with Gasteiger partial charge in [-0.05, 0) is 30.5 Å². The first-order valence-corrected chi connectivity index (χ1v) is 8.10. The number of nitrogens with one attached hydrogen (secondary N) is 1. The van der Waals surface area contributed by atoms with Crippen molar-refractivity contribution >= 4 is 27.5 Å². The van der Waals surface area contributed by atoms with Crippen LogP contribution in [0.5, 0.6) is 0 Å². The van der Waals surface area contributed by atoms with Gasteiger partial charge in [0.05, 0.1) is 13.2 Å². The van der Waals surface area contributed by atoms with Crippen LogP contribution in [0.4, 0.5) is 5.69 Å². The molecule has 0 radical (unpaired) electrons. The summed E-state index contributed by atoms with van der Waals surface area (Å²) in [6.45, 7) is 2.53. The number of carbonyl (C=O) groups excluding carboxylic acids is 1. The number of primary amides is 1. The van der Waals surface area contributed by atoms with Gasteiger partial charge in [-0.1, -0.05) is 22.0 Å². The summed E-state index contributed by atoms with van der Waals surface area (Å²) in [4.78, 5) is 13.6. The van der Waals surface area contributed by atoms with Crippen LogP contribution in [0, 0.1) is 0 Å². The smallest absolute Gasteiger partial charge is 0.242 e. The number of benzene rings is 1. The second-order valence-corrected chi connectivity index (χ2v) is 6.47. The van der Waals surface area contributed by atoms with Gasteiger partial charge < -0.3 is 20.7 Å². The number of amides is 1. The van der Waals surface area contributed by atoms with Crippen LogP contribution in [0.1, 0.15) is 18.4 Å². The van der Waals surface area contributed by atoms with E-state index < -0.39 is 0 Å². The zero-order chi connectivity index (χ0) is 14.8. The molecule has 1 saturated carbocycles. The van der Waals surface area contributed by atoms with Gasteiger partial charge in [-0.2, -0.15) is 0 Å². The lowest BCUT2D eigenvalue weighted by Crippen LogP contribution is -2.52. The molecule has 1 aliphatic carbocycles. The van der Waals surface area contributed by atoms with E-state index in [4.69, 9.17) is 10.5 Å². The summed E-state index contributed by atoms with van der Waals surface area (Å²) in [7, 11) is 0. The fraction of sp³-hybridized carbons (Fsp3) is 0.533. The number of nitrogens with two attached hydrogens (primary N) is 1. The van der Waals surface area contributed by atoms with Gasteiger partial charge in [0.25, 0.3) is 0 Å². The van der Waals surface area contributed by atoms with Crippen molar-refractivity contribution in [3.63, 3.8) is 0 Å². The SMILES string of the molecule is NC(=O)C1COCCN1c1ccc(CNC2CC2)c(Br)c1. The molecule has 5 nitrogen and oxygen atoms in total. The monoisotopic (exact) mass is 353 g/mol. The van der Waals surface area contributed by atoms with E-state index in [9.17, 15) is 4.79 Å². The van der Waals surface area contributed by atoms with Crippen LogP contribution >= 0.6 is 15.9 Å². The Hall–Kier alpha value is -1.11. The summed E-state index contributed by atoms with van der Waals surface area (Å²) >= 11 is 3.63. The first-order valence-electron chi connectivity index (χ1n) is 7.30. The standard InChI is InChI=1S/C15H20BrN3O2/c16-13-7-12(4-1-10(13)8-18-11-2-3-11)19-5-6-21-9-14(19)15(17)20/h1,4,7,11,14,18H,2-3,5-6,8-9H2,(H2,17,20). The van der Waals surface area contributed by atoms with Crippen LogP contribution in [-0.4, -0.2) is 37.7 Å². The van der Waals surface area contributed by atoms with Crippen LogP contribution in [0.3, 0.4) is 0 Å². The van der Waals surface area contributed by atoms with Gasteiger partial charge in [0.2, 0.25) is 5.91 Å². The number of morpholine rings is 1. The molecule has 1 aromatic rings. The molecule has 0 spiro atoms. The third kappa shape index (κ3) is 3.56. The zero-order valence-electron chi connectivity index (χ0n) is 11.8. The number of halogens is 1. The lowest BCUT2D eigenvalue weighted by atomic mass is 10.1. The van der Waals surface area contributed by atoms with Crippen molar-refractivity contribution in [2.75, 3.05) is 24.7 Å². The Labute approximate surface area is 132 Å². The van der Waals surface area contributed by atoms with E-state index in [-0.39, 0.29) is 11.9 Å². The Balaban J connectivity index is 1.74. The molecular formula is C15H20BrN3O2. The van der Waals surface area contributed by atoms with Crippen molar-refractivity contribution in [1.29, 1.82) is 0 Å². The highest BCUT2D eigenvalue weighted by Gasteiger charge is 2.28. The van der Waals surface area contributed by atoms with Crippen molar-refractivity contribution in [2.45, 2.75) is 31.5 Å². The maximum atomic E-state index is 11.6. The van der Waals surface area contributed by atoms with Gasteiger partial charge in [0.15, 0.2) is 0 Å². The molecule has 1 unspecified atom stereocenters. The van der Waals surface area contributed by atoms with Gasteiger partial charge in [-0.3, -0.25) is 4.79 Å². The van der Waals surface area contributed by atoms with E-state index in [0.717, 1.165) is 16.7 Å². The number of nitrogens with zero attached hydrogens (tertiary/aromatic N) is 1. The quantitative estimate of drug-likeness (QED) is 0.839. The van der Waals surface area contributed by atoms with Gasteiger partial charge in [-0.25, -0.2) is 0 Å². The van der Waals surface area contributed by atoms with E-state index in [1.807, 2.05) is 4.90 Å². The van der Waals surface area contributed by atoms with E-state index in [1.165, 1.54) is 18.4 Å². The Morgan fingerprint density at radius 1 is 1.48 bits per heavy atom. The Kier molecular flexibility index (Phi) is 4.47. The lowest BCUT2D eigenvalue weighted by molar-refractivity contribution is -0.121. The molecule has 0 bridgehead atoms. The van der Waals surface area contributed by atoms with Crippen molar-refractivity contribution < 1.29 is 9.53 Å². The zero-order valence-corrected chi connectivity index (χ0v) is 13.4. The largest absolute Gasteiger partial charge is 0.377 e. The number of rotatable bonds is 5. The Morgan fingerprint density at radius 2 is 2.29 bits per heavy atom. The van der Waals surface area contributed by atoms with E-state index in [2.05, 4.69) is 39.4 Å². The number of hydrogen-bond acceptors (Lipinski definition) is 4. The van der Waals surface area contributed by atoms with Crippen molar-refractivity contribution in [1.82, 2.24) is 5.32 Å². The number of ether oxygens (including phenoxy) is 1. The molecule has 1 aromatic carbocycles. The van der Waals surface area contributed by atoms with Gasteiger partial charge in [0, 0.05) is 29.3 Å². The summed E-state index contributed by atoms with van der Waals surface area (Å²) in [5, 5.41) is 3.50. The van der Waals surface area contributed by atoms with Crippen molar-refractivity contribution in [3.05, 3.63) is 28.2 Å². The molecule has 3 rings (SSSR count). The molecule has 1 saturated heterocycles. The normalized spacial score (nSPS) is 22.3. The predicted octanol–water partition coefficient (Wildman–Crippen LogP) is 1.39. The molecule has 6 heteroatoms. The molecule has 2 aliphatic rings. The van der Waals surface area contributed by atoms with Gasteiger partial charge in [0.1, 0.15) is 6.04 Å². The summed E-state index contributed by atoms with van der Waals surface area (Å²) in [6.07, 6.45) is 2.56. The minimum atomic E-state index is -0.388. The Bertz CT molecular complexity index is 534. The van der Waals surface area contributed by atoms with Crippen LogP contribution in [0.2, 0.25) is 0 Å². The lowest BCUT2D eigenvalue weighted by Gasteiger charge is -2.35. The maximum absolute atomic E-state index is 11.6. The minimum Gasteiger partial charge on any atom is -0.377 e. The van der Waals surface area contributed by atoms with Crippen LogP contribution in [-0.2, 0) is 16.1 Å². The third-order valence-electron chi connectivity index (χ3n) is 3.98. The molecule has 0 aromatic heterocycles. The molecule has 1 heterocycles. The number of anilines is 1. The van der Waals surface area contributed by atoms with Crippen LogP contribution < -0.4 is 16.0 Å². The molecule has 1 amide bonds. The molecular weight excluding hydrogens is 334 g/mol. The van der Waals surface area contributed by atoms with E-state index in [0.29, 0.717) is 25.8 Å². The average Bonchev–Trinajstić information content (AvgIpc) is 3.30. The second-order valence-electron chi connectivity index (χ2n) is 5.62. The topological polar surface area (TPSA) is 67.6 Å². The second kappa shape index (κ2) is 6.34.